The number of amides is 6. The molecule has 3 aliphatic heterocycles. The van der Waals surface area contributed by atoms with E-state index in [0.717, 1.165) is 4.90 Å². The number of urea groups is 2. The predicted octanol–water partition coefficient (Wildman–Crippen LogP) is -4.24. The number of nitrogens with one attached hydrogen (secondary N) is 3. The van der Waals surface area contributed by atoms with Crippen molar-refractivity contribution in [1.82, 2.24) is 25.8 Å². The molecular formula is C20H22N5NaO6S. The minimum Gasteiger partial charge on any atom is -0.548 e. The first-order valence-electron chi connectivity index (χ1n) is 10.0. The van der Waals surface area contributed by atoms with Crippen molar-refractivity contribution >= 4 is 41.6 Å². The molecule has 1 aromatic carbocycles. The average Bonchev–Trinajstić information content (AvgIpc) is 3.29. The molecule has 3 heterocycles. The Kier molecular flexibility index (Phi) is 7.32. The maximum Gasteiger partial charge on any atom is 1.00 e. The Morgan fingerprint density at radius 2 is 1.88 bits per heavy atom. The summed E-state index contributed by atoms with van der Waals surface area (Å²) >= 11 is 1.27. The number of imide groups is 1. The number of nitrogens with zero attached hydrogens (tertiary/aromatic N) is 2. The van der Waals surface area contributed by atoms with E-state index < -0.39 is 58.1 Å². The van der Waals surface area contributed by atoms with Crippen LogP contribution in [-0.4, -0.2) is 74.9 Å². The number of rotatable bonds is 5. The van der Waals surface area contributed by atoms with Gasteiger partial charge in [-0.25, -0.2) is 14.5 Å². The molecule has 0 radical (unpaired) electrons. The zero-order valence-electron chi connectivity index (χ0n) is 18.4. The fourth-order valence-corrected chi connectivity index (χ4v) is 5.80. The van der Waals surface area contributed by atoms with E-state index in [-0.39, 0.29) is 36.1 Å². The summed E-state index contributed by atoms with van der Waals surface area (Å²) in [6, 6.07) is 3.93. The van der Waals surface area contributed by atoms with Gasteiger partial charge in [-0.05, 0) is 19.4 Å². The first kappa shape index (κ1) is 25.3. The van der Waals surface area contributed by atoms with E-state index in [1.165, 1.54) is 16.7 Å². The van der Waals surface area contributed by atoms with Crippen LogP contribution in [0.15, 0.2) is 30.3 Å². The van der Waals surface area contributed by atoms with Crippen LogP contribution in [0.4, 0.5) is 9.59 Å². The van der Waals surface area contributed by atoms with Crippen molar-refractivity contribution in [3.05, 3.63) is 35.9 Å². The number of carboxylic acid groups (broad SMARTS) is 1. The summed E-state index contributed by atoms with van der Waals surface area (Å²) in [6.45, 7) is 3.89. The predicted molar refractivity (Wildman–Crippen MR) is 111 cm³/mol. The second-order valence-electron chi connectivity index (χ2n) is 8.24. The summed E-state index contributed by atoms with van der Waals surface area (Å²) in [5.74, 6) is -2.51. The molecule has 170 valence electrons. The number of fused-ring (bicyclic) bond motifs is 1. The van der Waals surface area contributed by atoms with Gasteiger partial charge in [-0.15, -0.1) is 11.8 Å². The van der Waals surface area contributed by atoms with Crippen LogP contribution in [0.3, 0.4) is 0 Å². The molecule has 33 heavy (non-hydrogen) atoms. The van der Waals surface area contributed by atoms with Crippen LogP contribution in [0, 0.1) is 0 Å². The molecule has 3 N–H and O–H groups in total. The van der Waals surface area contributed by atoms with Crippen LogP contribution in [0.2, 0.25) is 0 Å². The number of carboxylic acids is 1. The number of hydrogen-bond donors (Lipinski definition) is 3. The Labute approximate surface area is 216 Å². The van der Waals surface area contributed by atoms with Crippen molar-refractivity contribution in [1.29, 1.82) is 0 Å². The zero-order chi connectivity index (χ0) is 23.2. The molecule has 3 saturated heterocycles. The quantitative estimate of drug-likeness (QED) is 0.284. The third kappa shape index (κ3) is 4.57. The monoisotopic (exact) mass is 483 g/mol. The minimum absolute atomic E-state index is 0. The zero-order valence-corrected chi connectivity index (χ0v) is 21.2. The summed E-state index contributed by atoms with van der Waals surface area (Å²) in [7, 11) is 0. The maximum absolute atomic E-state index is 13.1. The number of β-lactam (4-membered cyclic amide) rings is 1. The standard InChI is InChI=1S/C20H23N5O6S.Na/c1-20(2)13(17(28)29)25-15(27)12(16(25)32-20)22-14(26)11(10-6-4-3-5-7-10)23-19(31)24-9-8-21-18(24)30;/h3-7,11-13,16H,8-9H2,1-2H3,(H,21,30)(H,22,26)(H,23,31)(H,28,29);/q;+1/p-1/t11-,12?,13?,16?;/m1./s1. The number of carbonyl (C=O) groups excluding carboxylic acids is 5. The Bertz CT molecular complexity index is 992. The third-order valence-corrected chi connectivity index (χ3v) is 7.30. The van der Waals surface area contributed by atoms with Gasteiger partial charge < -0.3 is 30.8 Å². The van der Waals surface area contributed by atoms with Gasteiger partial charge >= 0.3 is 41.6 Å². The minimum atomic E-state index is -1.35. The molecule has 0 saturated carbocycles. The van der Waals surface area contributed by atoms with Crippen molar-refractivity contribution < 1.29 is 58.6 Å². The third-order valence-electron chi connectivity index (χ3n) is 5.73. The smallest absolute Gasteiger partial charge is 0.548 e. The van der Waals surface area contributed by atoms with Crippen LogP contribution >= 0.6 is 11.8 Å². The Morgan fingerprint density at radius 3 is 2.45 bits per heavy atom. The van der Waals surface area contributed by atoms with E-state index in [9.17, 15) is 29.1 Å². The van der Waals surface area contributed by atoms with Gasteiger partial charge in [0.2, 0.25) is 11.8 Å². The fraction of sp³-hybridized carbons (Fsp3) is 0.450. The molecule has 13 heteroatoms. The number of carbonyl (C=O) groups is 5. The number of aliphatic carboxylic acids is 1. The molecule has 0 bridgehead atoms. The van der Waals surface area contributed by atoms with Gasteiger partial charge in [0.05, 0.1) is 12.0 Å². The first-order chi connectivity index (χ1) is 15.1. The van der Waals surface area contributed by atoms with E-state index in [1.54, 1.807) is 44.2 Å². The van der Waals surface area contributed by atoms with Crippen molar-refractivity contribution in [3.8, 4) is 0 Å². The van der Waals surface area contributed by atoms with E-state index in [4.69, 9.17) is 0 Å². The maximum atomic E-state index is 13.1. The largest absolute Gasteiger partial charge is 1.00 e. The van der Waals surface area contributed by atoms with Crippen molar-refractivity contribution in [2.24, 2.45) is 0 Å². The van der Waals surface area contributed by atoms with E-state index in [0.29, 0.717) is 12.1 Å². The van der Waals surface area contributed by atoms with Gasteiger partial charge in [0, 0.05) is 17.8 Å². The normalized spacial score (nSPS) is 25.8. The second kappa shape index (κ2) is 9.53. The SMILES string of the molecule is CC1(C)SC2C(NC(=O)[C@H](NC(=O)N3CCNC3=O)c3ccccc3)C(=O)N2C1C(=O)[O-].[Na+]. The van der Waals surface area contributed by atoms with Crippen LogP contribution < -0.4 is 50.6 Å². The van der Waals surface area contributed by atoms with Crippen LogP contribution in [0.5, 0.6) is 0 Å². The molecule has 6 amide bonds. The molecule has 0 aromatic heterocycles. The van der Waals surface area contributed by atoms with Crippen LogP contribution in [-0.2, 0) is 14.4 Å². The van der Waals surface area contributed by atoms with Crippen LogP contribution in [0.1, 0.15) is 25.5 Å². The van der Waals surface area contributed by atoms with Crippen molar-refractivity contribution in [3.63, 3.8) is 0 Å². The Hall–Kier alpha value is -2.28. The fourth-order valence-electron chi connectivity index (χ4n) is 4.18. The summed E-state index contributed by atoms with van der Waals surface area (Å²) in [5, 5.41) is 18.7. The molecular weight excluding hydrogens is 461 g/mol. The number of thioether (sulfide) groups is 1. The topological polar surface area (TPSA) is 151 Å². The first-order valence-corrected chi connectivity index (χ1v) is 10.9. The van der Waals surface area contributed by atoms with Crippen LogP contribution in [0.25, 0.3) is 0 Å². The van der Waals surface area contributed by atoms with Crippen molar-refractivity contribution in [2.45, 2.75) is 42.1 Å². The van der Waals surface area contributed by atoms with Gasteiger partial charge in [-0.2, -0.15) is 0 Å². The summed E-state index contributed by atoms with van der Waals surface area (Å²) in [5.41, 5.74) is 0.466. The molecule has 4 rings (SSSR count). The van der Waals surface area contributed by atoms with Gasteiger partial charge in [0.15, 0.2) is 0 Å². The van der Waals surface area contributed by atoms with Gasteiger partial charge in [0.25, 0.3) is 0 Å². The van der Waals surface area contributed by atoms with Gasteiger partial charge in [-0.1, -0.05) is 30.3 Å². The van der Waals surface area contributed by atoms with Crippen molar-refractivity contribution in [2.75, 3.05) is 13.1 Å². The molecule has 0 aliphatic carbocycles. The van der Waals surface area contributed by atoms with Gasteiger partial charge in [0.1, 0.15) is 17.5 Å². The Balaban J connectivity index is 0.00000306. The molecule has 3 aliphatic rings. The molecule has 3 fully saturated rings. The molecule has 4 atom stereocenters. The van der Waals surface area contributed by atoms with E-state index >= 15 is 0 Å². The average molecular weight is 483 g/mol. The molecule has 11 nitrogen and oxygen atoms in total. The second-order valence-corrected chi connectivity index (χ2v) is 10.0. The summed E-state index contributed by atoms with van der Waals surface area (Å²) in [6.07, 6.45) is 0. The molecule has 1 aromatic rings. The summed E-state index contributed by atoms with van der Waals surface area (Å²) in [4.78, 5) is 63.9. The number of benzene rings is 1. The van der Waals surface area contributed by atoms with E-state index in [2.05, 4.69) is 16.0 Å². The number of hydrogen-bond acceptors (Lipinski definition) is 7. The molecule has 3 unspecified atom stereocenters. The summed E-state index contributed by atoms with van der Waals surface area (Å²) < 4.78 is -0.783. The van der Waals surface area contributed by atoms with Gasteiger partial charge in [-0.3, -0.25) is 9.59 Å². The Morgan fingerprint density at radius 1 is 1.21 bits per heavy atom. The molecule has 0 spiro atoms. The van der Waals surface area contributed by atoms with E-state index in [1.807, 2.05) is 0 Å².